The lowest BCUT2D eigenvalue weighted by Gasteiger charge is -2.05. The predicted octanol–water partition coefficient (Wildman–Crippen LogP) is 5.63. The van der Waals surface area contributed by atoms with Gasteiger partial charge in [-0.3, -0.25) is 4.79 Å². The van der Waals surface area contributed by atoms with Gasteiger partial charge in [0.25, 0.3) is 0 Å². The van der Waals surface area contributed by atoms with Gasteiger partial charge in [0.15, 0.2) is 0 Å². The summed E-state index contributed by atoms with van der Waals surface area (Å²) in [6.45, 7) is 0. The Kier molecular flexibility index (Phi) is 8.09. The molecule has 2 heteroatoms. The van der Waals surface area contributed by atoms with E-state index >= 15 is 0 Å². The Morgan fingerprint density at radius 1 is 0.792 bits per heavy atom. The first-order chi connectivity index (χ1) is 11.8. The second-order valence-electron chi connectivity index (χ2n) is 6.29. The van der Waals surface area contributed by atoms with Gasteiger partial charge in [-0.1, -0.05) is 62.1 Å². The van der Waals surface area contributed by atoms with Crippen molar-refractivity contribution in [3.05, 3.63) is 65.2 Å². The van der Waals surface area contributed by atoms with Gasteiger partial charge in [0.1, 0.15) is 12.0 Å². The normalized spacial score (nSPS) is 10.5. The lowest BCUT2D eigenvalue weighted by Crippen LogP contribution is -1.93. The maximum atomic E-state index is 11.0. The van der Waals surface area contributed by atoms with Crippen LogP contribution in [0.1, 0.15) is 60.0 Å². The second kappa shape index (κ2) is 10.6. The third-order valence-corrected chi connectivity index (χ3v) is 4.50. The van der Waals surface area contributed by atoms with Gasteiger partial charge in [-0.25, -0.2) is 0 Å². The molecule has 0 heterocycles. The molecule has 0 radical (unpaired) electrons. The summed E-state index contributed by atoms with van der Waals surface area (Å²) < 4.78 is 5.18. The number of aryl methyl sites for hydroxylation is 2. The zero-order valence-electron chi connectivity index (χ0n) is 14.7. The summed E-state index contributed by atoms with van der Waals surface area (Å²) >= 11 is 0. The van der Waals surface area contributed by atoms with Gasteiger partial charge in [-0.2, -0.15) is 0 Å². The molecular formula is C22H28O2. The average molecular weight is 324 g/mol. The molecule has 0 unspecified atom stereocenters. The predicted molar refractivity (Wildman–Crippen MR) is 99.9 cm³/mol. The van der Waals surface area contributed by atoms with Gasteiger partial charge in [-0.15, -0.1) is 0 Å². The number of methoxy groups -OCH3 is 1. The maximum Gasteiger partial charge on any atom is 0.150 e. The summed E-state index contributed by atoms with van der Waals surface area (Å²) in [6.07, 6.45) is 10.7. The fraction of sp³-hybridized carbons (Fsp3) is 0.409. The van der Waals surface area contributed by atoms with Gasteiger partial charge in [-0.05, 0) is 48.9 Å². The quantitative estimate of drug-likeness (QED) is 0.395. The van der Waals surface area contributed by atoms with Crippen LogP contribution >= 0.6 is 0 Å². The molecule has 2 aromatic rings. The molecule has 0 aliphatic heterocycles. The molecule has 2 rings (SSSR count). The van der Waals surface area contributed by atoms with Crippen molar-refractivity contribution >= 4 is 6.29 Å². The number of ether oxygens (including phenoxy) is 1. The molecule has 0 saturated heterocycles. The van der Waals surface area contributed by atoms with Crippen LogP contribution in [0, 0.1) is 0 Å². The Morgan fingerprint density at radius 3 is 2.08 bits per heavy atom. The SMILES string of the molecule is COc1ccc(CCCCCCCCc2ccccc2C=O)cc1. The highest BCUT2D eigenvalue weighted by Gasteiger charge is 2.00. The van der Waals surface area contributed by atoms with Crippen molar-refractivity contribution in [2.45, 2.75) is 51.4 Å². The first-order valence-corrected chi connectivity index (χ1v) is 8.99. The van der Waals surface area contributed by atoms with Crippen LogP contribution in [0.4, 0.5) is 0 Å². The van der Waals surface area contributed by atoms with E-state index in [1.165, 1.54) is 49.7 Å². The number of aldehydes is 1. The largest absolute Gasteiger partial charge is 0.497 e. The molecule has 0 amide bonds. The smallest absolute Gasteiger partial charge is 0.150 e. The number of benzene rings is 2. The minimum atomic E-state index is 0.844. The van der Waals surface area contributed by atoms with Gasteiger partial charge in [0.2, 0.25) is 0 Å². The Labute approximate surface area is 145 Å². The van der Waals surface area contributed by atoms with E-state index in [4.69, 9.17) is 4.74 Å². The lowest BCUT2D eigenvalue weighted by molar-refractivity contribution is 0.112. The second-order valence-corrected chi connectivity index (χ2v) is 6.29. The third-order valence-electron chi connectivity index (χ3n) is 4.50. The summed E-state index contributed by atoms with van der Waals surface area (Å²) in [6, 6.07) is 16.3. The molecule has 24 heavy (non-hydrogen) atoms. The minimum absolute atomic E-state index is 0.844. The molecule has 2 aromatic carbocycles. The Morgan fingerprint density at radius 2 is 1.42 bits per heavy atom. The van der Waals surface area contributed by atoms with E-state index in [-0.39, 0.29) is 0 Å². The molecular weight excluding hydrogens is 296 g/mol. The Balaban J connectivity index is 1.53. The van der Waals surface area contributed by atoms with Crippen LogP contribution in [-0.4, -0.2) is 13.4 Å². The summed E-state index contributed by atoms with van der Waals surface area (Å²) in [5, 5.41) is 0. The topological polar surface area (TPSA) is 26.3 Å². The van der Waals surface area contributed by atoms with Crippen molar-refractivity contribution in [2.75, 3.05) is 7.11 Å². The average Bonchev–Trinajstić information content (AvgIpc) is 2.64. The molecule has 0 atom stereocenters. The van der Waals surface area contributed by atoms with Crippen LogP contribution in [0.5, 0.6) is 5.75 Å². The zero-order chi connectivity index (χ0) is 17.0. The molecule has 0 bridgehead atoms. The van der Waals surface area contributed by atoms with Crippen LogP contribution in [0.15, 0.2) is 48.5 Å². The number of hydrogen-bond acceptors (Lipinski definition) is 2. The van der Waals surface area contributed by atoms with Crippen molar-refractivity contribution in [1.82, 2.24) is 0 Å². The third kappa shape index (κ3) is 6.19. The van der Waals surface area contributed by atoms with Crippen molar-refractivity contribution < 1.29 is 9.53 Å². The van der Waals surface area contributed by atoms with Crippen LogP contribution in [0.3, 0.4) is 0 Å². The van der Waals surface area contributed by atoms with Gasteiger partial charge in [0, 0.05) is 5.56 Å². The molecule has 0 aliphatic rings. The molecule has 0 N–H and O–H groups in total. The maximum absolute atomic E-state index is 11.0. The van der Waals surface area contributed by atoms with E-state index in [9.17, 15) is 4.79 Å². The van der Waals surface area contributed by atoms with Gasteiger partial charge in [0.05, 0.1) is 7.11 Å². The van der Waals surface area contributed by atoms with E-state index in [0.29, 0.717) is 0 Å². The molecule has 0 fully saturated rings. The van der Waals surface area contributed by atoms with Crippen LogP contribution in [-0.2, 0) is 12.8 Å². The van der Waals surface area contributed by atoms with Crippen LogP contribution in [0.25, 0.3) is 0 Å². The fourth-order valence-electron chi connectivity index (χ4n) is 3.02. The zero-order valence-corrected chi connectivity index (χ0v) is 14.7. The molecule has 0 aliphatic carbocycles. The molecule has 2 nitrogen and oxygen atoms in total. The molecule has 0 saturated carbocycles. The molecule has 128 valence electrons. The molecule has 0 aromatic heterocycles. The van der Waals surface area contributed by atoms with Crippen LogP contribution in [0.2, 0.25) is 0 Å². The van der Waals surface area contributed by atoms with E-state index < -0.39 is 0 Å². The standard InChI is InChI=1S/C22H28O2/c1-24-22-16-14-19(15-17-22)10-6-4-2-3-5-7-11-20-12-8-9-13-21(20)18-23/h8-9,12-18H,2-7,10-11H2,1H3. The van der Waals surface area contributed by atoms with E-state index in [2.05, 4.69) is 18.2 Å². The highest BCUT2D eigenvalue weighted by molar-refractivity contribution is 5.77. The summed E-state index contributed by atoms with van der Waals surface area (Å²) in [5.74, 6) is 0.926. The van der Waals surface area contributed by atoms with E-state index in [1.54, 1.807) is 7.11 Å². The van der Waals surface area contributed by atoms with Gasteiger partial charge >= 0.3 is 0 Å². The molecule has 0 spiro atoms. The van der Waals surface area contributed by atoms with Crippen molar-refractivity contribution in [2.24, 2.45) is 0 Å². The highest BCUT2D eigenvalue weighted by Crippen LogP contribution is 2.15. The number of unbranched alkanes of at least 4 members (excludes halogenated alkanes) is 5. The lowest BCUT2D eigenvalue weighted by atomic mass is 10.0. The minimum Gasteiger partial charge on any atom is -0.497 e. The monoisotopic (exact) mass is 324 g/mol. The Bertz CT molecular complexity index is 602. The van der Waals surface area contributed by atoms with Crippen molar-refractivity contribution in [1.29, 1.82) is 0 Å². The first-order valence-electron chi connectivity index (χ1n) is 8.99. The fourth-order valence-corrected chi connectivity index (χ4v) is 3.02. The summed E-state index contributed by atoms with van der Waals surface area (Å²) in [7, 11) is 1.70. The number of rotatable bonds is 11. The van der Waals surface area contributed by atoms with E-state index in [0.717, 1.165) is 30.4 Å². The number of carbonyl (C=O) groups excluding carboxylic acids is 1. The number of carbonyl (C=O) groups is 1. The van der Waals surface area contributed by atoms with E-state index in [1.807, 2.05) is 30.3 Å². The summed E-state index contributed by atoms with van der Waals surface area (Å²) in [4.78, 5) is 11.0. The first kappa shape index (κ1) is 18.3. The van der Waals surface area contributed by atoms with Crippen molar-refractivity contribution in [3.8, 4) is 5.75 Å². The summed E-state index contributed by atoms with van der Waals surface area (Å²) in [5.41, 5.74) is 3.42. The van der Waals surface area contributed by atoms with Gasteiger partial charge < -0.3 is 4.74 Å². The Hall–Kier alpha value is -2.09. The highest BCUT2D eigenvalue weighted by atomic mass is 16.5. The van der Waals surface area contributed by atoms with Crippen molar-refractivity contribution in [3.63, 3.8) is 0 Å². The number of hydrogen-bond donors (Lipinski definition) is 0. The van der Waals surface area contributed by atoms with Crippen LogP contribution < -0.4 is 4.74 Å².